The van der Waals surface area contributed by atoms with Crippen molar-refractivity contribution in [2.24, 2.45) is 0 Å². The third-order valence-electron chi connectivity index (χ3n) is 4.61. The number of hydrogen-bond acceptors (Lipinski definition) is 3. The van der Waals surface area contributed by atoms with Crippen LogP contribution in [0.4, 0.5) is 20.6 Å². The summed E-state index contributed by atoms with van der Waals surface area (Å²) in [7, 11) is 0. The second-order valence-corrected chi connectivity index (χ2v) is 6.88. The summed E-state index contributed by atoms with van der Waals surface area (Å²) >= 11 is 5.83. The molecule has 0 aliphatic carbocycles. The summed E-state index contributed by atoms with van der Waals surface area (Å²) in [6, 6.07) is 9.25. The minimum atomic E-state index is -0.520. The lowest BCUT2D eigenvalue weighted by Gasteiger charge is -2.27. The molecule has 0 unspecified atom stereocenters. The molecule has 8 heteroatoms. The quantitative estimate of drug-likeness (QED) is 0.751. The first-order chi connectivity index (χ1) is 13.5. The fourth-order valence-electron chi connectivity index (χ4n) is 3.15. The van der Waals surface area contributed by atoms with Crippen LogP contribution in [0, 0.1) is 5.82 Å². The topological polar surface area (TPSA) is 70.7 Å². The number of carbonyl (C=O) groups excluding carboxylic acids is 2. The first-order valence-electron chi connectivity index (χ1n) is 8.77. The smallest absolute Gasteiger partial charge is 0.321 e. The molecule has 0 saturated carbocycles. The first-order valence-corrected chi connectivity index (χ1v) is 9.15. The third kappa shape index (κ3) is 3.72. The van der Waals surface area contributed by atoms with Crippen molar-refractivity contribution in [2.45, 2.75) is 0 Å². The van der Waals surface area contributed by atoms with E-state index in [0.717, 1.165) is 0 Å². The molecule has 144 valence electrons. The van der Waals surface area contributed by atoms with Crippen molar-refractivity contribution in [3.05, 3.63) is 58.4 Å². The number of benzene rings is 2. The first kappa shape index (κ1) is 18.5. The largest absolute Gasteiger partial charge is 0.378 e. The number of nitrogens with zero attached hydrogens (tertiary/aromatic N) is 1. The summed E-state index contributed by atoms with van der Waals surface area (Å²) in [6.45, 7) is 2.10. The average molecular weight is 402 g/mol. The Kier molecular flexibility index (Phi) is 5.02. The van der Waals surface area contributed by atoms with E-state index >= 15 is 0 Å². The number of urea groups is 1. The second kappa shape index (κ2) is 7.61. The van der Waals surface area contributed by atoms with Gasteiger partial charge in [0.15, 0.2) is 0 Å². The van der Waals surface area contributed by atoms with Crippen LogP contribution in [0.15, 0.2) is 36.4 Å². The Hall–Kier alpha value is -2.90. The van der Waals surface area contributed by atoms with E-state index < -0.39 is 5.82 Å². The van der Waals surface area contributed by atoms with E-state index in [1.54, 1.807) is 35.2 Å². The van der Waals surface area contributed by atoms with Crippen LogP contribution < -0.4 is 10.6 Å². The zero-order valence-corrected chi connectivity index (χ0v) is 15.6. The van der Waals surface area contributed by atoms with E-state index in [0.29, 0.717) is 54.4 Å². The highest BCUT2D eigenvalue weighted by atomic mass is 35.5. The molecule has 2 aromatic rings. The van der Waals surface area contributed by atoms with Crippen molar-refractivity contribution >= 4 is 46.6 Å². The molecule has 2 aromatic carbocycles. The zero-order chi connectivity index (χ0) is 19.7. The molecule has 0 atom stereocenters. The fraction of sp³-hybridized carbons (Fsp3) is 0.200. The summed E-state index contributed by atoms with van der Waals surface area (Å²) in [5.74, 6) is -0.791. The third-order valence-corrected chi connectivity index (χ3v) is 4.90. The molecule has 3 amide bonds. The van der Waals surface area contributed by atoms with Crippen LogP contribution in [-0.4, -0.2) is 43.1 Å². The number of nitrogens with one attached hydrogen (secondary N) is 2. The van der Waals surface area contributed by atoms with Gasteiger partial charge in [-0.25, -0.2) is 9.18 Å². The van der Waals surface area contributed by atoms with E-state index in [9.17, 15) is 14.0 Å². The molecule has 0 bridgehead atoms. The minimum Gasteiger partial charge on any atom is -0.378 e. The zero-order valence-electron chi connectivity index (χ0n) is 14.8. The molecular weight excluding hydrogens is 385 g/mol. The Morgan fingerprint density at radius 1 is 1.21 bits per heavy atom. The lowest BCUT2D eigenvalue weighted by molar-refractivity contribution is -0.110. The summed E-state index contributed by atoms with van der Waals surface area (Å²) in [5, 5.41) is 5.62. The van der Waals surface area contributed by atoms with Crippen LogP contribution in [0.5, 0.6) is 0 Å². The van der Waals surface area contributed by atoms with Gasteiger partial charge in [0, 0.05) is 35.6 Å². The number of halogens is 2. The predicted molar refractivity (Wildman–Crippen MR) is 106 cm³/mol. The van der Waals surface area contributed by atoms with Gasteiger partial charge < -0.3 is 20.3 Å². The van der Waals surface area contributed by atoms with Gasteiger partial charge in [0.25, 0.3) is 5.91 Å². The van der Waals surface area contributed by atoms with Crippen molar-refractivity contribution in [3.63, 3.8) is 0 Å². The minimum absolute atomic E-state index is 0.0143. The van der Waals surface area contributed by atoms with Gasteiger partial charge in [0.2, 0.25) is 0 Å². The Balaban J connectivity index is 1.60. The molecule has 2 heterocycles. The monoisotopic (exact) mass is 401 g/mol. The number of morpholine rings is 1. The van der Waals surface area contributed by atoms with E-state index in [4.69, 9.17) is 16.3 Å². The molecule has 1 fully saturated rings. The molecule has 2 aliphatic heterocycles. The second-order valence-electron chi connectivity index (χ2n) is 6.48. The van der Waals surface area contributed by atoms with Gasteiger partial charge in [-0.15, -0.1) is 0 Å². The van der Waals surface area contributed by atoms with E-state index in [1.165, 1.54) is 12.1 Å². The van der Waals surface area contributed by atoms with Gasteiger partial charge >= 0.3 is 6.03 Å². The summed E-state index contributed by atoms with van der Waals surface area (Å²) in [6.07, 6.45) is 1.64. The maximum atomic E-state index is 13.4. The van der Waals surface area contributed by atoms with E-state index in [1.807, 2.05) is 0 Å². The van der Waals surface area contributed by atoms with Gasteiger partial charge in [-0.1, -0.05) is 17.7 Å². The van der Waals surface area contributed by atoms with Crippen molar-refractivity contribution < 1.29 is 18.7 Å². The standard InChI is InChI=1S/C20H17ClFN3O3/c21-16-10-12(1-3-17(16)22)9-15-14-11-13(2-4-18(14)24-19(15)26)23-20(27)25-5-7-28-8-6-25/h1-4,9-11H,5-8H2,(H,23,27)(H,24,26)/b15-9+. The number of carbonyl (C=O) groups is 2. The predicted octanol–water partition coefficient (Wildman–Crippen LogP) is 3.84. The Morgan fingerprint density at radius 3 is 2.75 bits per heavy atom. The van der Waals surface area contributed by atoms with Crippen molar-refractivity contribution in [1.82, 2.24) is 4.90 Å². The van der Waals surface area contributed by atoms with Gasteiger partial charge in [-0.2, -0.15) is 0 Å². The molecule has 6 nitrogen and oxygen atoms in total. The molecule has 2 N–H and O–H groups in total. The molecule has 2 aliphatic rings. The lowest BCUT2D eigenvalue weighted by atomic mass is 10.0. The Labute approximate surface area is 165 Å². The molecule has 1 saturated heterocycles. The molecule has 0 spiro atoms. The number of amides is 3. The SMILES string of the molecule is O=C1Nc2ccc(NC(=O)N3CCOCC3)cc2/C1=C\c1ccc(F)c(Cl)c1. The number of rotatable bonds is 2. The number of hydrogen-bond donors (Lipinski definition) is 2. The van der Waals surface area contributed by atoms with Crippen LogP contribution >= 0.6 is 11.6 Å². The van der Waals surface area contributed by atoms with Gasteiger partial charge in [0.1, 0.15) is 5.82 Å². The van der Waals surface area contributed by atoms with Gasteiger partial charge in [-0.05, 0) is 42.0 Å². The van der Waals surface area contributed by atoms with Crippen molar-refractivity contribution in [2.75, 3.05) is 36.9 Å². The van der Waals surface area contributed by atoms with Crippen molar-refractivity contribution in [1.29, 1.82) is 0 Å². The lowest BCUT2D eigenvalue weighted by Crippen LogP contribution is -2.43. The molecular formula is C20H17ClFN3O3. The number of anilines is 2. The summed E-state index contributed by atoms with van der Waals surface area (Å²) in [4.78, 5) is 26.4. The Morgan fingerprint density at radius 2 is 2.00 bits per heavy atom. The maximum Gasteiger partial charge on any atom is 0.321 e. The molecule has 0 radical (unpaired) electrons. The number of ether oxygens (including phenoxy) is 1. The van der Waals surface area contributed by atoms with Gasteiger partial charge in [0.05, 0.1) is 18.2 Å². The molecule has 4 rings (SSSR count). The molecule has 28 heavy (non-hydrogen) atoms. The number of fused-ring (bicyclic) bond motifs is 1. The van der Waals surface area contributed by atoms with Crippen LogP contribution in [0.1, 0.15) is 11.1 Å². The highest BCUT2D eigenvalue weighted by Crippen LogP contribution is 2.35. The van der Waals surface area contributed by atoms with Crippen LogP contribution in [0.25, 0.3) is 11.6 Å². The molecule has 0 aromatic heterocycles. The van der Waals surface area contributed by atoms with E-state index in [2.05, 4.69) is 10.6 Å². The van der Waals surface area contributed by atoms with Crippen LogP contribution in [0.2, 0.25) is 5.02 Å². The summed E-state index contributed by atoms with van der Waals surface area (Å²) < 4.78 is 18.6. The van der Waals surface area contributed by atoms with Crippen molar-refractivity contribution in [3.8, 4) is 0 Å². The van der Waals surface area contributed by atoms with Crippen LogP contribution in [0.3, 0.4) is 0 Å². The Bertz CT molecular complexity index is 987. The average Bonchev–Trinajstić information content (AvgIpc) is 3.00. The highest BCUT2D eigenvalue weighted by molar-refractivity contribution is 6.35. The normalized spacial score (nSPS) is 17.4. The highest BCUT2D eigenvalue weighted by Gasteiger charge is 2.25. The summed E-state index contributed by atoms with van der Waals surface area (Å²) in [5.41, 5.74) is 2.90. The maximum absolute atomic E-state index is 13.4. The van der Waals surface area contributed by atoms with Crippen LogP contribution in [-0.2, 0) is 9.53 Å². The van der Waals surface area contributed by atoms with Gasteiger partial charge in [-0.3, -0.25) is 4.79 Å². The van der Waals surface area contributed by atoms with E-state index in [-0.39, 0.29) is 17.0 Å². The fourth-order valence-corrected chi connectivity index (χ4v) is 3.34.